The summed E-state index contributed by atoms with van der Waals surface area (Å²) in [7, 11) is 0. The number of carbonyl (C=O) groups excluding carboxylic acids is 1. The molecular weight excluding hydrogens is 317 g/mol. The van der Waals surface area contributed by atoms with Crippen LogP contribution in [0.15, 0.2) is 48.8 Å². The molecule has 3 nitrogen and oxygen atoms in total. The second-order valence-corrected chi connectivity index (χ2v) is 5.96. The van der Waals surface area contributed by atoms with Crippen LogP contribution in [0.5, 0.6) is 0 Å². The Bertz CT molecular complexity index is 716. The highest BCUT2D eigenvalue weighted by atomic mass is 19.4. The van der Waals surface area contributed by atoms with Gasteiger partial charge in [0.2, 0.25) is 5.91 Å². The van der Waals surface area contributed by atoms with Crippen LogP contribution in [0.25, 0.3) is 0 Å². The molecule has 1 aromatic heterocycles. The van der Waals surface area contributed by atoms with Crippen molar-refractivity contribution in [2.24, 2.45) is 0 Å². The lowest BCUT2D eigenvalue weighted by Gasteiger charge is -2.12. The number of hydrogen-bond acceptors (Lipinski definition) is 2. The van der Waals surface area contributed by atoms with E-state index in [-0.39, 0.29) is 23.4 Å². The van der Waals surface area contributed by atoms with Gasteiger partial charge in [0.1, 0.15) is 0 Å². The molecule has 1 amide bonds. The number of pyridine rings is 1. The van der Waals surface area contributed by atoms with Crippen molar-refractivity contribution in [3.63, 3.8) is 0 Å². The molecule has 1 saturated carbocycles. The quantitative estimate of drug-likeness (QED) is 0.906. The van der Waals surface area contributed by atoms with Gasteiger partial charge in [-0.15, -0.1) is 0 Å². The van der Waals surface area contributed by atoms with E-state index >= 15 is 0 Å². The minimum atomic E-state index is -4.37. The standard InChI is InChI=1S/C18H17F3N2O/c19-18(20,21)15-4-2-1-3-13(15)14-11-16(14)23-17(24)6-5-12-7-9-22-10-8-12/h1-4,7-10,14,16H,5-6,11H2,(H,23,24)/t14-,16+/m1/s1. The highest BCUT2D eigenvalue weighted by Gasteiger charge is 2.44. The van der Waals surface area contributed by atoms with Gasteiger partial charge >= 0.3 is 6.18 Å². The van der Waals surface area contributed by atoms with Gasteiger partial charge in [-0.2, -0.15) is 13.2 Å². The van der Waals surface area contributed by atoms with Crippen LogP contribution in [0.3, 0.4) is 0 Å². The summed E-state index contributed by atoms with van der Waals surface area (Å²) >= 11 is 0. The molecule has 2 aromatic rings. The number of nitrogens with zero attached hydrogens (tertiary/aromatic N) is 1. The Morgan fingerprint density at radius 3 is 2.58 bits per heavy atom. The molecule has 1 heterocycles. The normalized spacial score (nSPS) is 19.8. The summed E-state index contributed by atoms with van der Waals surface area (Å²) < 4.78 is 39.1. The average Bonchev–Trinajstić information content (AvgIpc) is 3.32. The Hall–Kier alpha value is -2.37. The third-order valence-electron chi connectivity index (χ3n) is 4.19. The maximum absolute atomic E-state index is 13.0. The predicted molar refractivity (Wildman–Crippen MR) is 83.3 cm³/mol. The minimum absolute atomic E-state index is 0.135. The first-order valence-corrected chi connectivity index (χ1v) is 7.79. The summed E-state index contributed by atoms with van der Waals surface area (Å²) in [4.78, 5) is 15.9. The zero-order valence-electron chi connectivity index (χ0n) is 12.9. The van der Waals surface area contributed by atoms with Crippen LogP contribution in [0, 0.1) is 0 Å². The van der Waals surface area contributed by atoms with Gasteiger partial charge in [-0.1, -0.05) is 18.2 Å². The van der Waals surface area contributed by atoms with Crippen LogP contribution in [-0.4, -0.2) is 16.9 Å². The molecule has 0 unspecified atom stereocenters. The van der Waals surface area contributed by atoms with Crippen molar-refractivity contribution in [1.29, 1.82) is 0 Å². The molecule has 1 aliphatic carbocycles. The fourth-order valence-electron chi connectivity index (χ4n) is 2.86. The van der Waals surface area contributed by atoms with E-state index in [0.29, 0.717) is 19.3 Å². The summed E-state index contributed by atoms with van der Waals surface area (Å²) in [5, 5.41) is 2.83. The molecule has 0 saturated heterocycles. The van der Waals surface area contributed by atoms with E-state index in [1.165, 1.54) is 12.1 Å². The molecule has 6 heteroatoms. The van der Waals surface area contributed by atoms with E-state index in [1.54, 1.807) is 18.5 Å². The van der Waals surface area contributed by atoms with Gasteiger partial charge in [0.05, 0.1) is 5.56 Å². The second-order valence-electron chi connectivity index (χ2n) is 5.96. The van der Waals surface area contributed by atoms with Gasteiger partial charge in [-0.25, -0.2) is 0 Å². The lowest BCUT2D eigenvalue weighted by atomic mass is 10.0. The summed E-state index contributed by atoms with van der Waals surface area (Å²) in [6.45, 7) is 0. The van der Waals surface area contributed by atoms with Crippen molar-refractivity contribution in [1.82, 2.24) is 10.3 Å². The fourth-order valence-corrected chi connectivity index (χ4v) is 2.86. The number of aryl methyl sites for hydroxylation is 1. The smallest absolute Gasteiger partial charge is 0.353 e. The Balaban J connectivity index is 1.56. The van der Waals surface area contributed by atoms with E-state index in [4.69, 9.17) is 0 Å². The fraction of sp³-hybridized carbons (Fsp3) is 0.333. The van der Waals surface area contributed by atoms with E-state index in [0.717, 1.165) is 11.6 Å². The molecule has 0 radical (unpaired) electrons. The Morgan fingerprint density at radius 1 is 1.17 bits per heavy atom. The van der Waals surface area contributed by atoms with Gasteiger partial charge in [0.25, 0.3) is 0 Å². The molecule has 1 fully saturated rings. The molecule has 1 aliphatic rings. The highest BCUT2D eigenvalue weighted by molar-refractivity contribution is 5.77. The lowest BCUT2D eigenvalue weighted by molar-refractivity contribution is -0.138. The van der Waals surface area contributed by atoms with Crippen molar-refractivity contribution < 1.29 is 18.0 Å². The van der Waals surface area contributed by atoms with Crippen molar-refractivity contribution >= 4 is 5.91 Å². The topological polar surface area (TPSA) is 42.0 Å². The SMILES string of the molecule is O=C(CCc1ccncc1)N[C@H]1C[C@@H]1c1ccccc1C(F)(F)F. The number of carbonyl (C=O) groups is 1. The summed E-state index contributed by atoms with van der Waals surface area (Å²) in [5.74, 6) is -0.392. The van der Waals surface area contributed by atoms with Crippen LogP contribution in [0.2, 0.25) is 0 Å². The molecule has 24 heavy (non-hydrogen) atoms. The van der Waals surface area contributed by atoms with Crippen molar-refractivity contribution in [3.8, 4) is 0 Å². The van der Waals surface area contributed by atoms with Crippen LogP contribution in [-0.2, 0) is 17.4 Å². The van der Waals surface area contributed by atoms with Crippen LogP contribution < -0.4 is 5.32 Å². The Morgan fingerprint density at radius 2 is 1.88 bits per heavy atom. The van der Waals surface area contributed by atoms with Gasteiger partial charge in [0, 0.05) is 30.8 Å². The van der Waals surface area contributed by atoms with Gasteiger partial charge in [-0.05, 0) is 42.2 Å². The summed E-state index contributed by atoms with van der Waals surface area (Å²) in [5.41, 5.74) is 0.669. The Labute approximate surface area is 137 Å². The van der Waals surface area contributed by atoms with Crippen molar-refractivity contribution in [3.05, 3.63) is 65.5 Å². The molecule has 0 aliphatic heterocycles. The first-order chi connectivity index (χ1) is 11.4. The van der Waals surface area contributed by atoms with E-state index < -0.39 is 11.7 Å². The van der Waals surface area contributed by atoms with Crippen LogP contribution in [0.4, 0.5) is 13.2 Å². The Kier molecular flexibility index (Phi) is 4.55. The molecule has 1 aromatic carbocycles. The molecule has 0 bridgehead atoms. The number of aromatic nitrogens is 1. The third kappa shape index (κ3) is 3.93. The molecule has 3 rings (SSSR count). The third-order valence-corrected chi connectivity index (χ3v) is 4.19. The zero-order chi connectivity index (χ0) is 17.2. The number of hydrogen-bond donors (Lipinski definition) is 1. The number of halogens is 3. The predicted octanol–water partition coefficient (Wildman–Crippen LogP) is 3.71. The average molecular weight is 334 g/mol. The van der Waals surface area contributed by atoms with E-state index in [2.05, 4.69) is 10.3 Å². The first kappa shape index (κ1) is 16.5. The monoisotopic (exact) mass is 334 g/mol. The zero-order valence-corrected chi connectivity index (χ0v) is 12.9. The molecule has 1 N–H and O–H groups in total. The van der Waals surface area contributed by atoms with E-state index in [9.17, 15) is 18.0 Å². The van der Waals surface area contributed by atoms with Crippen molar-refractivity contribution in [2.45, 2.75) is 37.4 Å². The van der Waals surface area contributed by atoms with Gasteiger partial charge in [0.15, 0.2) is 0 Å². The number of nitrogens with one attached hydrogen (secondary N) is 1. The van der Waals surface area contributed by atoms with Gasteiger partial charge < -0.3 is 5.32 Å². The number of rotatable bonds is 5. The number of amides is 1. The molecular formula is C18H17F3N2O. The highest BCUT2D eigenvalue weighted by Crippen LogP contribution is 2.46. The lowest BCUT2D eigenvalue weighted by Crippen LogP contribution is -2.27. The maximum Gasteiger partial charge on any atom is 0.416 e. The molecule has 2 atom stereocenters. The summed E-state index contributed by atoms with van der Waals surface area (Å²) in [6, 6.07) is 9.05. The van der Waals surface area contributed by atoms with Gasteiger partial charge in [-0.3, -0.25) is 9.78 Å². The molecule has 126 valence electrons. The largest absolute Gasteiger partial charge is 0.416 e. The first-order valence-electron chi connectivity index (χ1n) is 7.79. The second kappa shape index (κ2) is 6.63. The summed E-state index contributed by atoms with van der Waals surface area (Å²) in [6.07, 6.45) is 0.415. The van der Waals surface area contributed by atoms with Crippen LogP contribution in [0.1, 0.15) is 35.4 Å². The maximum atomic E-state index is 13.0. The van der Waals surface area contributed by atoms with E-state index in [1.807, 2.05) is 12.1 Å². The molecule has 0 spiro atoms. The minimum Gasteiger partial charge on any atom is -0.353 e. The number of benzene rings is 1. The van der Waals surface area contributed by atoms with Crippen molar-refractivity contribution in [2.75, 3.05) is 0 Å². The van der Waals surface area contributed by atoms with Crippen LogP contribution >= 0.6 is 0 Å². The number of alkyl halides is 3.